The molecular weight excluding hydrogens is 526 g/mol. The molecule has 148 valence electrons. The van der Waals surface area contributed by atoms with Crippen LogP contribution < -0.4 is 9.47 Å². The molecule has 0 bridgehead atoms. The molecule has 0 atom stereocenters. The van der Waals surface area contributed by atoms with Gasteiger partial charge in [-0.15, -0.1) is 0 Å². The fourth-order valence-corrected chi connectivity index (χ4v) is 3.66. The molecule has 0 aliphatic rings. The zero-order chi connectivity index (χ0) is 21.1. The quantitative estimate of drug-likeness (QED) is 0.257. The highest BCUT2D eigenvalue weighted by Gasteiger charge is 2.17. The number of benzene rings is 3. The molecule has 0 aliphatic heterocycles. The van der Waals surface area contributed by atoms with Crippen LogP contribution in [0.4, 0.5) is 0 Å². The molecule has 0 unspecified atom stereocenters. The number of hydrogen-bond donors (Lipinski definition) is 0. The zero-order valence-electron chi connectivity index (χ0n) is 14.2. The van der Waals surface area contributed by atoms with Crippen molar-refractivity contribution in [1.29, 1.82) is 0 Å². The molecule has 0 saturated heterocycles. The molecule has 3 aromatic carbocycles. The van der Waals surface area contributed by atoms with E-state index < -0.39 is 11.9 Å². The standard InChI is InChI=1S/C20H9BrCl4O4/c21-15-9-12(28-19(26)13-4-1-10(22)7-16(13)24)3-6-18(15)29-20(27)14-5-2-11(23)8-17(14)25/h1-9H. The Bertz CT molecular complexity index is 1120. The average molecular weight is 535 g/mol. The predicted octanol–water partition coefficient (Wildman–Crippen LogP) is 7.50. The molecule has 3 aromatic rings. The summed E-state index contributed by atoms with van der Waals surface area (Å²) in [4.78, 5) is 24.6. The van der Waals surface area contributed by atoms with Gasteiger partial charge in [-0.2, -0.15) is 0 Å². The Balaban J connectivity index is 1.74. The smallest absolute Gasteiger partial charge is 0.345 e. The molecule has 0 spiro atoms. The third-order valence-corrected chi connectivity index (χ3v) is 5.33. The minimum atomic E-state index is -0.662. The lowest BCUT2D eigenvalue weighted by molar-refractivity contribution is 0.0718. The third-order valence-electron chi connectivity index (χ3n) is 3.62. The number of esters is 2. The number of rotatable bonds is 4. The summed E-state index contributed by atoms with van der Waals surface area (Å²) in [6.07, 6.45) is 0. The van der Waals surface area contributed by atoms with Gasteiger partial charge in [0.1, 0.15) is 11.5 Å². The molecule has 3 rings (SSSR count). The lowest BCUT2D eigenvalue weighted by Crippen LogP contribution is -2.11. The minimum Gasteiger partial charge on any atom is -0.423 e. The highest BCUT2D eigenvalue weighted by Crippen LogP contribution is 2.32. The maximum Gasteiger partial charge on any atom is 0.345 e. The fraction of sp³-hybridized carbons (Fsp3) is 0. The van der Waals surface area contributed by atoms with Crippen LogP contribution in [-0.4, -0.2) is 11.9 Å². The Morgan fingerprint density at radius 1 is 0.690 bits per heavy atom. The Labute approximate surface area is 194 Å². The number of hydrogen-bond acceptors (Lipinski definition) is 4. The van der Waals surface area contributed by atoms with Crippen molar-refractivity contribution in [3.8, 4) is 11.5 Å². The van der Waals surface area contributed by atoms with E-state index in [2.05, 4.69) is 15.9 Å². The predicted molar refractivity (Wildman–Crippen MR) is 117 cm³/mol. The highest BCUT2D eigenvalue weighted by molar-refractivity contribution is 9.10. The van der Waals surface area contributed by atoms with Crippen LogP contribution in [0.3, 0.4) is 0 Å². The van der Waals surface area contributed by atoms with Crippen molar-refractivity contribution in [2.24, 2.45) is 0 Å². The van der Waals surface area contributed by atoms with E-state index in [1.165, 1.54) is 54.6 Å². The van der Waals surface area contributed by atoms with E-state index in [9.17, 15) is 9.59 Å². The maximum absolute atomic E-state index is 12.3. The molecule has 0 fully saturated rings. The summed E-state index contributed by atoms with van der Waals surface area (Å²) >= 11 is 27.0. The van der Waals surface area contributed by atoms with E-state index >= 15 is 0 Å². The second-order valence-electron chi connectivity index (χ2n) is 5.62. The first-order valence-corrected chi connectivity index (χ1v) is 10.2. The third kappa shape index (κ3) is 5.44. The van der Waals surface area contributed by atoms with Gasteiger partial charge in [-0.25, -0.2) is 9.59 Å². The first-order chi connectivity index (χ1) is 13.7. The van der Waals surface area contributed by atoms with Crippen molar-refractivity contribution in [2.45, 2.75) is 0 Å². The molecule has 0 heterocycles. The number of carbonyl (C=O) groups is 2. The van der Waals surface area contributed by atoms with Crippen LogP contribution in [0.15, 0.2) is 59.1 Å². The summed E-state index contributed by atoms with van der Waals surface area (Å²) in [5, 5.41) is 1.15. The monoisotopic (exact) mass is 532 g/mol. The Morgan fingerprint density at radius 3 is 1.69 bits per heavy atom. The van der Waals surface area contributed by atoms with Crippen molar-refractivity contribution in [1.82, 2.24) is 0 Å². The molecule has 0 aliphatic carbocycles. The highest BCUT2D eigenvalue weighted by atomic mass is 79.9. The van der Waals surface area contributed by atoms with E-state index in [1.54, 1.807) is 0 Å². The van der Waals surface area contributed by atoms with Gasteiger partial charge in [0, 0.05) is 10.0 Å². The second kappa shape index (κ2) is 9.37. The topological polar surface area (TPSA) is 52.6 Å². The van der Waals surface area contributed by atoms with Crippen molar-refractivity contribution in [3.05, 3.63) is 90.3 Å². The van der Waals surface area contributed by atoms with Crippen LogP contribution >= 0.6 is 62.3 Å². The molecule has 29 heavy (non-hydrogen) atoms. The van der Waals surface area contributed by atoms with Gasteiger partial charge in [0.25, 0.3) is 0 Å². The summed E-state index contributed by atoms with van der Waals surface area (Å²) in [7, 11) is 0. The molecule has 0 aromatic heterocycles. The van der Waals surface area contributed by atoms with Crippen LogP contribution in [0.2, 0.25) is 20.1 Å². The number of ether oxygens (including phenoxy) is 2. The normalized spacial score (nSPS) is 10.5. The van der Waals surface area contributed by atoms with Crippen LogP contribution in [0.25, 0.3) is 0 Å². The molecule has 0 amide bonds. The maximum atomic E-state index is 12.3. The van der Waals surface area contributed by atoms with Crippen LogP contribution in [0, 0.1) is 0 Å². The lowest BCUT2D eigenvalue weighted by atomic mass is 10.2. The molecule has 4 nitrogen and oxygen atoms in total. The van der Waals surface area contributed by atoms with Crippen LogP contribution in [0.1, 0.15) is 20.7 Å². The Hall–Kier alpha value is -1.76. The second-order valence-corrected chi connectivity index (χ2v) is 8.16. The van der Waals surface area contributed by atoms with E-state index in [-0.39, 0.29) is 32.7 Å². The average Bonchev–Trinajstić information content (AvgIpc) is 2.63. The van der Waals surface area contributed by atoms with Crippen molar-refractivity contribution >= 4 is 74.3 Å². The van der Waals surface area contributed by atoms with Gasteiger partial charge >= 0.3 is 11.9 Å². The molecule has 9 heteroatoms. The van der Waals surface area contributed by atoms with Gasteiger partial charge in [0.2, 0.25) is 0 Å². The van der Waals surface area contributed by atoms with Gasteiger partial charge in [-0.05, 0) is 70.5 Å². The fourth-order valence-electron chi connectivity index (χ4n) is 2.25. The van der Waals surface area contributed by atoms with Crippen LogP contribution in [-0.2, 0) is 0 Å². The summed E-state index contributed by atoms with van der Waals surface area (Å²) in [6.45, 7) is 0. The molecular formula is C20H9BrCl4O4. The van der Waals surface area contributed by atoms with E-state index in [1.807, 2.05) is 0 Å². The van der Waals surface area contributed by atoms with Gasteiger partial charge in [0.15, 0.2) is 0 Å². The van der Waals surface area contributed by atoms with E-state index in [0.717, 1.165) is 0 Å². The van der Waals surface area contributed by atoms with E-state index in [0.29, 0.717) is 14.5 Å². The SMILES string of the molecule is O=C(Oc1ccc(OC(=O)c2ccc(Cl)cc2Cl)c(Br)c1)c1ccc(Cl)cc1Cl. The van der Waals surface area contributed by atoms with Crippen molar-refractivity contribution < 1.29 is 19.1 Å². The number of carbonyl (C=O) groups excluding carboxylic acids is 2. The van der Waals surface area contributed by atoms with Gasteiger partial charge < -0.3 is 9.47 Å². The van der Waals surface area contributed by atoms with Crippen LogP contribution in [0.5, 0.6) is 11.5 Å². The van der Waals surface area contributed by atoms with Gasteiger partial charge in [-0.1, -0.05) is 46.4 Å². The lowest BCUT2D eigenvalue weighted by Gasteiger charge is -2.10. The van der Waals surface area contributed by atoms with E-state index in [4.69, 9.17) is 55.9 Å². The first kappa shape index (κ1) is 21.9. The largest absolute Gasteiger partial charge is 0.423 e. The first-order valence-electron chi connectivity index (χ1n) is 7.88. The summed E-state index contributed by atoms with van der Waals surface area (Å²) in [5.74, 6) is -0.885. The zero-order valence-corrected chi connectivity index (χ0v) is 18.8. The van der Waals surface area contributed by atoms with Gasteiger partial charge in [-0.3, -0.25) is 0 Å². The van der Waals surface area contributed by atoms with Gasteiger partial charge in [0.05, 0.1) is 25.6 Å². The Morgan fingerprint density at radius 2 is 1.21 bits per heavy atom. The minimum absolute atomic E-state index is 0.163. The summed E-state index contributed by atoms with van der Waals surface area (Å²) in [5.41, 5.74) is 0.330. The Kier molecular flexibility index (Phi) is 7.09. The van der Waals surface area contributed by atoms with Crippen molar-refractivity contribution in [2.75, 3.05) is 0 Å². The number of halogens is 5. The van der Waals surface area contributed by atoms with Crippen molar-refractivity contribution in [3.63, 3.8) is 0 Å². The summed E-state index contributed by atoms with van der Waals surface area (Å²) in [6, 6.07) is 13.3. The molecule has 0 saturated carbocycles. The molecule has 0 radical (unpaired) electrons. The summed E-state index contributed by atoms with van der Waals surface area (Å²) < 4.78 is 11.0. The molecule has 0 N–H and O–H groups in total.